The van der Waals surface area contributed by atoms with E-state index < -0.39 is 0 Å². The number of anilines is 1. The molecule has 0 fully saturated rings. The van der Waals surface area contributed by atoms with Crippen molar-refractivity contribution in [2.75, 3.05) is 12.3 Å². The Labute approximate surface area is 154 Å². The van der Waals surface area contributed by atoms with E-state index in [1.807, 2.05) is 66.7 Å². The molecule has 0 bridgehead atoms. The van der Waals surface area contributed by atoms with Crippen LogP contribution in [0.4, 0.5) is 5.69 Å². The van der Waals surface area contributed by atoms with E-state index in [9.17, 15) is 0 Å². The van der Waals surface area contributed by atoms with Crippen molar-refractivity contribution in [1.82, 2.24) is 0 Å². The first-order chi connectivity index (χ1) is 12.7. The van der Waals surface area contributed by atoms with Gasteiger partial charge in [0.05, 0.1) is 12.3 Å². The Bertz CT molecular complexity index is 817. The van der Waals surface area contributed by atoms with Crippen LogP contribution in [0.3, 0.4) is 0 Å². The Morgan fingerprint density at radius 3 is 2.15 bits per heavy atom. The van der Waals surface area contributed by atoms with Crippen LogP contribution in [0, 0.1) is 0 Å². The molecular weight excluding hydrogens is 326 g/mol. The first-order valence-electron chi connectivity index (χ1n) is 8.71. The van der Waals surface area contributed by atoms with Crippen molar-refractivity contribution in [2.45, 2.75) is 20.0 Å². The molecule has 0 aromatic heterocycles. The van der Waals surface area contributed by atoms with Crippen LogP contribution in [-0.2, 0) is 6.61 Å². The molecule has 0 aliphatic heterocycles. The van der Waals surface area contributed by atoms with Crippen molar-refractivity contribution in [2.24, 2.45) is 0 Å². The van der Waals surface area contributed by atoms with Gasteiger partial charge in [-0.25, -0.2) is 0 Å². The third-order valence-electron chi connectivity index (χ3n) is 3.75. The Morgan fingerprint density at radius 2 is 1.46 bits per heavy atom. The summed E-state index contributed by atoms with van der Waals surface area (Å²) >= 11 is 0. The van der Waals surface area contributed by atoms with Crippen LogP contribution in [-0.4, -0.2) is 6.61 Å². The lowest BCUT2D eigenvalue weighted by atomic mass is 10.2. The second-order valence-electron chi connectivity index (χ2n) is 5.90. The molecule has 0 atom stereocenters. The highest BCUT2D eigenvalue weighted by Crippen LogP contribution is 2.31. The number of ether oxygens (including phenoxy) is 3. The Balaban J connectivity index is 1.58. The zero-order chi connectivity index (χ0) is 18.2. The minimum Gasteiger partial charge on any atom is -0.494 e. The van der Waals surface area contributed by atoms with Gasteiger partial charge in [0.2, 0.25) is 0 Å². The summed E-state index contributed by atoms with van der Waals surface area (Å²) < 4.78 is 17.2. The van der Waals surface area contributed by atoms with E-state index in [0.29, 0.717) is 30.4 Å². The van der Waals surface area contributed by atoms with Crippen molar-refractivity contribution in [1.29, 1.82) is 0 Å². The number of nitrogens with two attached hydrogens (primary N) is 1. The molecule has 0 saturated carbocycles. The number of rotatable bonds is 8. The van der Waals surface area contributed by atoms with Gasteiger partial charge in [-0.15, -0.1) is 0 Å². The molecule has 4 heteroatoms. The lowest BCUT2D eigenvalue weighted by Gasteiger charge is -2.11. The molecule has 0 spiro atoms. The number of benzene rings is 3. The van der Waals surface area contributed by atoms with Gasteiger partial charge in [-0.1, -0.05) is 37.3 Å². The maximum Gasteiger partial charge on any atom is 0.150 e. The molecule has 3 aromatic rings. The van der Waals surface area contributed by atoms with Crippen LogP contribution in [0.5, 0.6) is 23.0 Å². The van der Waals surface area contributed by atoms with Crippen molar-refractivity contribution >= 4 is 5.69 Å². The second-order valence-corrected chi connectivity index (χ2v) is 5.90. The molecule has 26 heavy (non-hydrogen) atoms. The normalized spacial score (nSPS) is 10.3. The molecule has 2 N–H and O–H groups in total. The maximum absolute atomic E-state index is 6.05. The van der Waals surface area contributed by atoms with Crippen molar-refractivity contribution in [3.8, 4) is 23.0 Å². The predicted molar refractivity (Wildman–Crippen MR) is 104 cm³/mol. The minimum absolute atomic E-state index is 0.535. The Kier molecular flexibility index (Phi) is 5.99. The second kappa shape index (κ2) is 8.81. The zero-order valence-electron chi connectivity index (χ0n) is 14.9. The largest absolute Gasteiger partial charge is 0.494 e. The quantitative estimate of drug-likeness (QED) is 0.551. The van der Waals surface area contributed by atoms with Crippen LogP contribution in [0.1, 0.15) is 18.9 Å². The van der Waals surface area contributed by atoms with Crippen LogP contribution in [0.25, 0.3) is 0 Å². The smallest absolute Gasteiger partial charge is 0.150 e. The number of nitrogen functional groups attached to an aromatic ring is 1. The van der Waals surface area contributed by atoms with Crippen molar-refractivity contribution in [3.63, 3.8) is 0 Å². The van der Waals surface area contributed by atoms with E-state index >= 15 is 0 Å². The van der Waals surface area contributed by atoms with Crippen LogP contribution in [0.2, 0.25) is 0 Å². The molecule has 0 aliphatic rings. The summed E-state index contributed by atoms with van der Waals surface area (Å²) in [5.74, 6) is 2.84. The zero-order valence-corrected chi connectivity index (χ0v) is 14.9. The van der Waals surface area contributed by atoms with E-state index in [1.54, 1.807) is 6.07 Å². The van der Waals surface area contributed by atoms with Crippen LogP contribution in [0.15, 0.2) is 72.8 Å². The van der Waals surface area contributed by atoms with Gasteiger partial charge >= 0.3 is 0 Å². The molecule has 0 amide bonds. The van der Waals surface area contributed by atoms with Gasteiger partial charge in [0, 0.05) is 6.07 Å². The minimum atomic E-state index is 0.535. The fourth-order valence-electron chi connectivity index (χ4n) is 2.40. The van der Waals surface area contributed by atoms with Gasteiger partial charge in [-0.3, -0.25) is 0 Å². The number of hydrogen-bond donors (Lipinski definition) is 1. The molecule has 0 radical (unpaired) electrons. The monoisotopic (exact) mass is 349 g/mol. The highest BCUT2D eigenvalue weighted by Gasteiger charge is 2.05. The SMILES string of the molecule is CCCOc1ccc(Oc2ccc(OCc3ccccc3)cc2)c(N)c1. The Hall–Kier alpha value is -3.14. The fourth-order valence-corrected chi connectivity index (χ4v) is 2.40. The average molecular weight is 349 g/mol. The summed E-state index contributed by atoms with van der Waals surface area (Å²) in [6, 6.07) is 23.0. The molecule has 0 aliphatic carbocycles. The number of hydrogen-bond acceptors (Lipinski definition) is 4. The van der Waals surface area contributed by atoms with Gasteiger partial charge < -0.3 is 19.9 Å². The van der Waals surface area contributed by atoms with E-state index in [-0.39, 0.29) is 0 Å². The summed E-state index contributed by atoms with van der Waals surface area (Å²) in [6.45, 7) is 3.27. The van der Waals surface area contributed by atoms with Crippen LogP contribution >= 0.6 is 0 Å². The average Bonchev–Trinajstić information content (AvgIpc) is 2.68. The summed E-state index contributed by atoms with van der Waals surface area (Å²) in [5, 5.41) is 0. The third kappa shape index (κ3) is 4.93. The maximum atomic E-state index is 6.05. The fraction of sp³-hybridized carbons (Fsp3) is 0.182. The topological polar surface area (TPSA) is 53.7 Å². The van der Waals surface area contributed by atoms with Gasteiger partial charge in [-0.2, -0.15) is 0 Å². The standard InChI is InChI=1S/C22H23NO3/c1-2-14-24-20-12-13-22(21(23)15-20)26-19-10-8-18(9-11-19)25-16-17-6-4-3-5-7-17/h3-13,15H,2,14,16,23H2,1H3. The van der Waals surface area contributed by atoms with Gasteiger partial charge in [-0.05, 0) is 48.4 Å². The van der Waals surface area contributed by atoms with E-state index in [2.05, 4.69) is 6.92 Å². The van der Waals surface area contributed by atoms with E-state index in [1.165, 1.54) is 0 Å². The summed E-state index contributed by atoms with van der Waals surface area (Å²) in [5.41, 5.74) is 7.73. The van der Waals surface area contributed by atoms with Gasteiger partial charge in [0.15, 0.2) is 5.75 Å². The summed E-state index contributed by atoms with van der Waals surface area (Å²) in [7, 11) is 0. The Morgan fingerprint density at radius 1 is 0.769 bits per heavy atom. The molecule has 0 unspecified atom stereocenters. The van der Waals surface area contributed by atoms with Crippen molar-refractivity contribution < 1.29 is 14.2 Å². The van der Waals surface area contributed by atoms with E-state index in [0.717, 1.165) is 23.5 Å². The van der Waals surface area contributed by atoms with Crippen LogP contribution < -0.4 is 19.9 Å². The molecule has 3 rings (SSSR count). The predicted octanol–water partition coefficient (Wildman–Crippen LogP) is 5.43. The first-order valence-corrected chi connectivity index (χ1v) is 8.71. The van der Waals surface area contributed by atoms with Gasteiger partial charge in [0.1, 0.15) is 23.9 Å². The van der Waals surface area contributed by atoms with E-state index in [4.69, 9.17) is 19.9 Å². The highest BCUT2D eigenvalue weighted by molar-refractivity contribution is 5.57. The van der Waals surface area contributed by atoms with Gasteiger partial charge in [0.25, 0.3) is 0 Å². The molecule has 0 saturated heterocycles. The third-order valence-corrected chi connectivity index (χ3v) is 3.75. The first kappa shape index (κ1) is 17.7. The lowest BCUT2D eigenvalue weighted by molar-refractivity contribution is 0.306. The molecule has 134 valence electrons. The lowest BCUT2D eigenvalue weighted by Crippen LogP contribution is -1.98. The summed E-state index contributed by atoms with van der Waals surface area (Å²) in [4.78, 5) is 0. The molecule has 0 heterocycles. The molecular formula is C22H23NO3. The molecule has 3 aromatic carbocycles. The molecule has 4 nitrogen and oxygen atoms in total. The van der Waals surface area contributed by atoms with Crippen molar-refractivity contribution in [3.05, 3.63) is 78.4 Å². The summed E-state index contributed by atoms with van der Waals surface area (Å²) in [6.07, 6.45) is 0.955. The highest BCUT2D eigenvalue weighted by atomic mass is 16.5.